The van der Waals surface area contributed by atoms with Gasteiger partial charge in [-0.1, -0.05) is 42.0 Å². The van der Waals surface area contributed by atoms with Crippen LogP contribution in [0.2, 0.25) is 0 Å². The standard InChI is InChI=1S/C28H28N4O2/c1-7-20-15-24(27(33)32(6)25(20)13-17(2)3)23-16-22(12-11-19(23)5)29-28-30-26(34-31-28)21-10-8-9-18(4)14-21/h7-16H,2H2,1,3-6H3,(H,29,31)/b20-7-,25-13+. The molecule has 0 atom stereocenters. The minimum atomic E-state index is -0.0698. The summed E-state index contributed by atoms with van der Waals surface area (Å²) in [6, 6.07) is 15.7. The summed E-state index contributed by atoms with van der Waals surface area (Å²) >= 11 is 0. The zero-order valence-electron chi connectivity index (χ0n) is 20.1. The third kappa shape index (κ3) is 4.62. The molecule has 0 aliphatic heterocycles. The van der Waals surface area contributed by atoms with Gasteiger partial charge >= 0.3 is 0 Å². The maximum Gasteiger partial charge on any atom is 0.268 e. The number of pyridine rings is 1. The Hall–Kier alpha value is -4.19. The molecule has 0 saturated heterocycles. The second-order valence-corrected chi connectivity index (χ2v) is 8.49. The quantitative estimate of drug-likeness (QED) is 0.478. The SMILES string of the molecule is C=C(C)/C=c1\c(=C/C)cc(-c2cc(Nc3noc(-c4cccc(C)c4)n3)ccc2C)c(=O)n1C. The van der Waals surface area contributed by atoms with Crippen LogP contribution in [0.1, 0.15) is 25.0 Å². The van der Waals surface area contributed by atoms with E-state index in [1.165, 1.54) is 0 Å². The Balaban J connectivity index is 1.74. The lowest BCUT2D eigenvalue weighted by molar-refractivity contribution is 0.433. The highest BCUT2D eigenvalue weighted by Crippen LogP contribution is 2.26. The summed E-state index contributed by atoms with van der Waals surface area (Å²) in [6.45, 7) is 11.8. The van der Waals surface area contributed by atoms with E-state index in [0.717, 1.165) is 44.1 Å². The lowest BCUT2D eigenvalue weighted by Gasteiger charge is -2.11. The second-order valence-electron chi connectivity index (χ2n) is 8.49. The number of benzene rings is 2. The Morgan fingerprint density at radius 1 is 1.12 bits per heavy atom. The topological polar surface area (TPSA) is 73.0 Å². The molecule has 0 saturated carbocycles. The molecule has 6 heteroatoms. The van der Waals surface area contributed by atoms with Crippen LogP contribution in [-0.4, -0.2) is 14.7 Å². The number of allylic oxidation sites excluding steroid dienone is 1. The third-order valence-corrected chi connectivity index (χ3v) is 5.66. The van der Waals surface area contributed by atoms with Crippen molar-refractivity contribution in [2.45, 2.75) is 27.7 Å². The molecule has 0 amide bonds. The Kier molecular flexibility index (Phi) is 6.32. The summed E-state index contributed by atoms with van der Waals surface area (Å²) in [4.78, 5) is 17.8. The van der Waals surface area contributed by atoms with Gasteiger partial charge in [0, 0.05) is 23.9 Å². The van der Waals surface area contributed by atoms with Crippen molar-refractivity contribution in [3.63, 3.8) is 0 Å². The van der Waals surface area contributed by atoms with Crippen molar-refractivity contribution < 1.29 is 4.52 Å². The Morgan fingerprint density at radius 2 is 1.91 bits per heavy atom. The zero-order chi connectivity index (χ0) is 24.4. The van der Waals surface area contributed by atoms with E-state index < -0.39 is 0 Å². The van der Waals surface area contributed by atoms with Crippen molar-refractivity contribution in [1.29, 1.82) is 0 Å². The molecule has 4 rings (SSSR count). The van der Waals surface area contributed by atoms with Crippen LogP contribution >= 0.6 is 0 Å². The first kappa shape index (κ1) is 23.0. The molecule has 2 aromatic heterocycles. The molecular weight excluding hydrogens is 424 g/mol. The summed E-state index contributed by atoms with van der Waals surface area (Å²) < 4.78 is 7.11. The highest BCUT2D eigenvalue weighted by molar-refractivity contribution is 5.73. The Bertz CT molecular complexity index is 1570. The first-order valence-electron chi connectivity index (χ1n) is 11.1. The highest BCUT2D eigenvalue weighted by atomic mass is 16.5. The number of anilines is 2. The van der Waals surface area contributed by atoms with E-state index >= 15 is 0 Å². The molecule has 2 heterocycles. The monoisotopic (exact) mass is 452 g/mol. The molecule has 0 fully saturated rings. The predicted molar refractivity (Wildman–Crippen MR) is 138 cm³/mol. The fourth-order valence-electron chi connectivity index (χ4n) is 3.90. The molecule has 6 nitrogen and oxygen atoms in total. The van der Waals surface area contributed by atoms with Gasteiger partial charge in [-0.3, -0.25) is 4.79 Å². The second kappa shape index (κ2) is 9.35. The molecule has 1 N–H and O–H groups in total. The maximum absolute atomic E-state index is 13.3. The maximum atomic E-state index is 13.3. The van der Waals surface area contributed by atoms with Gasteiger partial charge in [0.2, 0.25) is 0 Å². The minimum Gasteiger partial charge on any atom is -0.332 e. The number of nitrogens with zero attached hydrogens (tertiary/aromatic N) is 3. The molecule has 0 bridgehead atoms. The van der Waals surface area contributed by atoms with E-state index in [-0.39, 0.29) is 5.56 Å². The van der Waals surface area contributed by atoms with Gasteiger partial charge in [0.05, 0.1) is 5.35 Å². The van der Waals surface area contributed by atoms with E-state index in [4.69, 9.17) is 4.52 Å². The largest absolute Gasteiger partial charge is 0.332 e. The first-order chi connectivity index (χ1) is 16.3. The molecule has 0 spiro atoms. The fourth-order valence-corrected chi connectivity index (χ4v) is 3.90. The number of hydrogen-bond acceptors (Lipinski definition) is 5. The smallest absolute Gasteiger partial charge is 0.268 e. The van der Waals surface area contributed by atoms with E-state index in [9.17, 15) is 4.79 Å². The number of rotatable bonds is 5. The normalized spacial score (nSPS) is 12.3. The van der Waals surface area contributed by atoms with Crippen LogP contribution in [0.3, 0.4) is 0 Å². The van der Waals surface area contributed by atoms with Gasteiger partial charge in [0.25, 0.3) is 17.4 Å². The van der Waals surface area contributed by atoms with Gasteiger partial charge in [-0.2, -0.15) is 4.98 Å². The summed E-state index contributed by atoms with van der Waals surface area (Å²) in [5, 5.41) is 9.07. The summed E-state index contributed by atoms with van der Waals surface area (Å²) in [6.07, 6.45) is 3.93. The van der Waals surface area contributed by atoms with Crippen molar-refractivity contribution in [2.24, 2.45) is 7.05 Å². The molecule has 4 aromatic rings. The van der Waals surface area contributed by atoms with Gasteiger partial charge in [-0.05, 0) is 85.6 Å². The Morgan fingerprint density at radius 3 is 2.62 bits per heavy atom. The fraction of sp³-hybridized carbons (Fsp3) is 0.179. The van der Waals surface area contributed by atoms with Crippen LogP contribution in [-0.2, 0) is 7.05 Å². The van der Waals surface area contributed by atoms with Crippen molar-refractivity contribution in [3.8, 4) is 22.6 Å². The Labute approximate surface area is 198 Å². The first-order valence-corrected chi connectivity index (χ1v) is 11.1. The summed E-state index contributed by atoms with van der Waals surface area (Å²) in [7, 11) is 1.79. The van der Waals surface area contributed by atoms with Gasteiger partial charge in [0.1, 0.15) is 0 Å². The summed E-state index contributed by atoms with van der Waals surface area (Å²) in [5.41, 5.74) is 6.03. The van der Waals surface area contributed by atoms with Gasteiger partial charge in [-0.25, -0.2) is 0 Å². The minimum absolute atomic E-state index is 0.0698. The third-order valence-electron chi connectivity index (χ3n) is 5.66. The van der Waals surface area contributed by atoms with Crippen molar-refractivity contribution in [3.05, 3.63) is 92.7 Å². The summed E-state index contributed by atoms with van der Waals surface area (Å²) in [5.74, 6) is 0.799. The molecular formula is C28H28N4O2. The van der Waals surface area contributed by atoms with E-state index in [0.29, 0.717) is 17.4 Å². The van der Waals surface area contributed by atoms with Crippen molar-refractivity contribution in [1.82, 2.24) is 14.7 Å². The zero-order valence-corrected chi connectivity index (χ0v) is 20.1. The average Bonchev–Trinajstić information content (AvgIpc) is 3.27. The van der Waals surface area contributed by atoms with Crippen LogP contribution in [0.15, 0.2) is 70.0 Å². The molecule has 34 heavy (non-hydrogen) atoms. The van der Waals surface area contributed by atoms with Crippen molar-refractivity contribution in [2.75, 3.05) is 5.32 Å². The van der Waals surface area contributed by atoms with Gasteiger partial charge in [-0.15, -0.1) is 0 Å². The molecule has 2 aromatic carbocycles. The number of aromatic nitrogens is 3. The van der Waals surface area contributed by atoms with E-state index in [2.05, 4.69) is 22.0 Å². The molecule has 0 unspecified atom stereocenters. The van der Waals surface area contributed by atoms with E-state index in [1.807, 2.05) is 88.4 Å². The van der Waals surface area contributed by atoms with Crippen LogP contribution in [0.5, 0.6) is 0 Å². The number of nitrogens with one attached hydrogen (secondary N) is 1. The van der Waals surface area contributed by atoms with Gasteiger partial charge < -0.3 is 14.4 Å². The molecule has 0 aliphatic rings. The number of hydrogen-bond donors (Lipinski definition) is 1. The van der Waals surface area contributed by atoms with Crippen molar-refractivity contribution >= 4 is 23.8 Å². The highest BCUT2D eigenvalue weighted by Gasteiger charge is 2.13. The van der Waals surface area contributed by atoms with Crippen LogP contribution < -0.4 is 21.4 Å². The lowest BCUT2D eigenvalue weighted by atomic mass is 10.00. The molecule has 172 valence electrons. The van der Waals surface area contributed by atoms with Crippen LogP contribution in [0.4, 0.5) is 11.6 Å². The van der Waals surface area contributed by atoms with Crippen LogP contribution in [0, 0.1) is 13.8 Å². The average molecular weight is 453 g/mol. The lowest BCUT2D eigenvalue weighted by Crippen LogP contribution is -2.42. The van der Waals surface area contributed by atoms with Gasteiger partial charge in [0.15, 0.2) is 0 Å². The number of aryl methyl sites for hydroxylation is 2. The van der Waals surface area contributed by atoms with E-state index in [1.54, 1.807) is 11.6 Å². The molecule has 0 aliphatic carbocycles. The van der Waals surface area contributed by atoms with Crippen LogP contribution in [0.25, 0.3) is 34.7 Å². The molecule has 0 radical (unpaired) electrons. The predicted octanol–water partition coefficient (Wildman–Crippen LogP) is 4.62.